The lowest BCUT2D eigenvalue weighted by molar-refractivity contribution is -0.133. The Morgan fingerprint density at radius 1 is 1.52 bits per heavy atom. The lowest BCUT2D eigenvalue weighted by Gasteiger charge is -2.28. The zero-order chi connectivity index (χ0) is 15.5. The Kier molecular flexibility index (Phi) is 5.49. The monoisotopic (exact) mass is 330 g/mol. The van der Waals surface area contributed by atoms with E-state index >= 15 is 0 Å². The maximum atomic E-state index is 12.6. The number of ether oxygens (including phenoxy) is 1. The van der Waals surface area contributed by atoms with Crippen molar-refractivity contribution in [2.24, 2.45) is 5.41 Å². The molecular formula is C15H20Cl2N2O2. The Labute approximate surface area is 135 Å². The predicted molar refractivity (Wildman–Crippen MR) is 84.8 cm³/mol. The highest BCUT2D eigenvalue weighted by atomic mass is 35.5. The molecule has 1 fully saturated rings. The number of benzene rings is 1. The first-order chi connectivity index (χ1) is 9.98. The van der Waals surface area contributed by atoms with Gasteiger partial charge in [-0.15, -0.1) is 0 Å². The van der Waals surface area contributed by atoms with E-state index in [2.05, 4.69) is 10.6 Å². The molecule has 0 radical (unpaired) electrons. The fraction of sp³-hybridized carbons (Fsp3) is 0.533. The highest BCUT2D eigenvalue weighted by molar-refractivity contribution is 6.35. The average molecular weight is 331 g/mol. The van der Waals surface area contributed by atoms with Crippen LogP contribution in [-0.2, 0) is 9.53 Å². The van der Waals surface area contributed by atoms with Crippen LogP contribution in [0, 0.1) is 5.41 Å². The number of carbonyl (C=O) groups excluding carboxylic acids is 1. The first-order valence-electron chi connectivity index (χ1n) is 6.94. The van der Waals surface area contributed by atoms with Crippen molar-refractivity contribution in [3.63, 3.8) is 0 Å². The molecule has 1 saturated heterocycles. The summed E-state index contributed by atoms with van der Waals surface area (Å²) in [5, 5.41) is 7.40. The molecule has 1 aromatic carbocycles. The summed E-state index contributed by atoms with van der Waals surface area (Å²) in [6.07, 6.45) is 0.772. The van der Waals surface area contributed by atoms with Crippen LogP contribution < -0.4 is 10.6 Å². The summed E-state index contributed by atoms with van der Waals surface area (Å²) in [5.74, 6) is -0.00660. The summed E-state index contributed by atoms with van der Waals surface area (Å²) in [4.78, 5) is 12.6. The largest absolute Gasteiger partial charge is 0.384 e. The second-order valence-electron chi connectivity index (χ2n) is 5.50. The SMILES string of the molecule is COCC1(C(=O)NC(C)c2ccc(Cl)cc2Cl)CCNC1. The summed E-state index contributed by atoms with van der Waals surface area (Å²) < 4.78 is 5.23. The second kappa shape index (κ2) is 6.97. The second-order valence-corrected chi connectivity index (χ2v) is 6.34. The molecule has 0 bridgehead atoms. The van der Waals surface area contributed by atoms with E-state index in [1.54, 1.807) is 19.2 Å². The third kappa shape index (κ3) is 3.69. The highest BCUT2D eigenvalue weighted by Gasteiger charge is 2.41. The van der Waals surface area contributed by atoms with E-state index < -0.39 is 5.41 Å². The molecule has 0 aliphatic carbocycles. The molecular weight excluding hydrogens is 311 g/mol. The number of halogens is 2. The van der Waals surface area contributed by atoms with Gasteiger partial charge in [-0.3, -0.25) is 4.79 Å². The average Bonchev–Trinajstić information content (AvgIpc) is 2.88. The molecule has 1 aliphatic rings. The van der Waals surface area contributed by atoms with Crippen LogP contribution in [0.4, 0.5) is 0 Å². The van der Waals surface area contributed by atoms with Gasteiger partial charge in [0.1, 0.15) is 0 Å². The minimum Gasteiger partial charge on any atom is -0.384 e. The van der Waals surface area contributed by atoms with Gasteiger partial charge in [0.05, 0.1) is 18.1 Å². The van der Waals surface area contributed by atoms with E-state index in [0.717, 1.165) is 18.5 Å². The van der Waals surface area contributed by atoms with Crippen molar-refractivity contribution in [1.82, 2.24) is 10.6 Å². The van der Waals surface area contributed by atoms with Crippen LogP contribution >= 0.6 is 23.2 Å². The Hall–Kier alpha value is -0.810. The fourth-order valence-corrected chi connectivity index (χ4v) is 3.25. The van der Waals surface area contributed by atoms with Crippen molar-refractivity contribution < 1.29 is 9.53 Å². The van der Waals surface area contributed by atoms with E-state index in [-0.39, 0.29) is 11.9 Å². The summed E-state index contributed by atoms with van der Waals surface area (Å²) in [6.45, 7) is 3.78. The first kappa shape index (κ1) is 16.6. The smallest absolute Gasteiger partial charge is 0.230 e. The van der Waals surface area contributed by atoms with Crippen LogP contribution in [-0.4, -0.2) is 32.7 Å². The van der Waals surface area contributed by atoms with Gasteiger partial charge < -0.3 is 15.4 Å². The third-order valence-corrected chi connectivity index (χ3v) is 4.49. The highest BCUT2D eigenvalue weighted by Crippen LogP contribution is 2.30. The number of carbonyl (C=O) groups is 1. The maximum absolute atomic E-state index is 12.6. The number of methoxy groups -OCH3 is 1. The molecule has 2 atom stereocenters. The quantitative estimate of drug-likeness (QED) is 0.872. The van der Waals surface area contributed by atoms with E-state index in [4.69, 9.17) is 27.9 Å². The number of amides is 1. The van der Waals surface area contributed by atoms with Crippen molar-refractivity contribution in [1.29, 1.82) is 0 Å². The molecule has 2 unspecified atom stereocenters. The zero-order valence-electron chi connectivity index (χ0n) is 12.2. The summed E-state index contributed by atoms with van der Waals surface area (Å²) in [5.41, 5.74) is 0.356. The molecule has 116 valence electrons. The normalized spacial score (nSPS) is 23.0. The van der Waals surface area contributed by atoms with E-state index in [1.165, 1.54) is 0 Å². The summed E-state index contributed by atoms with van der Waals surface area (Å²) in [7, 11) is 1.62. The lowest BCUT2D eigenvalue weighted by atomic mass is 9.86. The van der Waals surface area contributed by atoms with Gasteiger partial charge in [-0.2, -0.15) is 0 Å². The van der Waals surface area contributed by atoms with E-state index in [0.29, 0.717) is 23.2 Å². The van der Waals surface area contributed by atoms with Crippen molar-refractivity contribution in [2.45, 2.75) is 19.4 Å². The Morgan fingerprint density at radius 2 is 2.29 bits per heavy atom. The molecule has 6 heteroatoms. The molecule has 1 amide bonds. The third-order valence-electron chi connectivity index (χ3n) is 3.92. The Balaban J connectivity index is 2.10. The van der Waals surface area contributed by atoms with Crippen LogP contribution in [0.15, 0.2) is 18.2 Å². The topological polar surface area (TPSA) is 50.4 Å². The van der Waals surface area contributed by atoms with Crippen molar-refractivity contribution in [2.75, 3.05) is 26.8 Å². The van der Waals surface area contributed by atoms with Crippen LogP contribution in [0.25, 0.3) is 0 Å². The molecule has 21 heavy (non-hydrogen) atoms. The molecule has 1 aromatic rings. The van der Waals surface area contributed by atoms with Gasteiger partial charge in [0.15, 0.2) is 0 Å². The molecule has 1 heterocycles. The van der Waals surface area contributed by atoms with Gasteiger partial charge in [0, 0.05) is 23.7 Å². The molecule has 0 saturated carbocycles. The van der Waals surface area contributed by atoms with Gasteiger partial charge in [0.25, 0.3) is 0 Å². The van der Waals surface area contributed by atoms with Gasteiger partial charge in [-0.05, 0) is 37.6 Å². The van der Waals surface area contributed by atoms with Crippen LogP contribution in [0.5, 0.6) is 0 Å². The minimum atomic E-state index is -0.498. The van der Waals surface area contributed by atoms with Gasteiger partial charge in [-0.1, -0.05) is 29.3 Å². The molecule has 0 aromatic heterocycles. The summed E-state index contributed by atoms with van der Waals surface area (Å²) in [6, 6.07) is 5.11. The zero-order valence-corrected chi connectivity index (χ0v) is 13.7. The van der Waals surface area contributed by atoms with Gasteiger partial charge in [0.2, 0.25) is 5.91 Å². The standard InChI is InChI=1S/C15H20Cl2N2O2/c1-10(12-4-3-11(16)7-13(12)17)19-14(20)15(9-21-2)5-6-18-8-15/h3-4,7,10,18H,5-6,8-9H2,1-2H3,(H,19,20). The number of hydrogen-bond donors (Lipinski definition) is 2. The fourth-order valence-electron chi connectivity index (χ4n) is 2.68. The molecule has 4 nitrogen and oxygen atoms in total. The van der Waals surface area contributed by atoms with Gasteiger partial charge in [-0.25, -0.2) is 0 Å². The molecule has 2 N–H and O–H groups in total. The lowest BCUT2D eigenvalue weighted by Crippen LogP contribution is -2.46. The van der Waals surface area contributed by atoms with Crippen LogP contribution in [0.3, 0.4) is 0 Å². The van der Waals surface area contributed by atoms with Crippen molar-refractivity contribution >= 4 is 29.1 Å². The van der Waals surface area contributed by atoms with Crippen LogP contribution in [0.1, 0.15) is 24.9 Å². The molecule has 2 rings (SSSR count). The Bertz CT molecular complexity index is 516. The maximum Gasteiger partial charge on any atom is 0.230 e. The first-order valence-corrected chi connectivity index (χ1v) is 7.70. The molecule has 0 spiro atoms. The van der Waals surface area contributed by atoms with E-state index in [1.807, 2.05) is 13.0 Å². The van der Waals surface area contributed by atoms with Crippen molar-refractivity contribution in [3.05, 3.63) is 33.8 Å². The summed E-state index contributed by atoms with van der Waals surface area (Å²) >= 11 is 12.1. The number of rotatable bonds is 5. The minimum absolute atomic E-state index is 0.00660. The Morgan fingerprint density at radius 3 is 2.86 bits per heavy atom. The van der Waals surface area contributed by atoms with Crippen LogP contribution in [0.2, 0.25) is 10.0 Å². The van der Waals surface area contributed by atoms with Gasteiger partial charge >= 0.3 is 0 Å². The van der Waals surface area contributed by atoms with E-state index in [9.17, 15) is 4.79 Å². The predicted octanol–water partition coefficient (Wildman–Crippen LogP) is 2.80. The number of hydrogen-bond acceptors (Lipinski definition) is 3. The number of nitrogens with one attached hydrogen (secondary N) is 2. The van der Waals surface area contributed by atoms with Crippen molar-refractivity contribution in [3.8, 4) is 0 Å². The molecule has 1 aliphatic heterocycles.